The Morgan fingerprint density at radius 3 is 2.65 bits per heavy atom. The number of halogens is 1. The van der Waals surface area contributed by atoms with Crippen molar-refractivity contribution in [2.75, 3.05) is 12.9 Å². The highest BCUT2D eigenvalue weighted by Crippen LogP contribution is 2.39. The Labute approximate surface area is 142 Å². The van der Waals surface area contributed by atoms with Crippen LogP contribution in [0.2, 0.25) is 5.02 Å². The van der Waals surface area contributed by atoms with E-state index in [1.54, 1.807) is 7.11 Å². The quantitative estimate of drug-likeness (QED) is 0.658. The average Bonchev–Trinajstić information content (AvgIpc) is 2.91. The molecule has 3 rings (SSSR count). The zero-order chi connectivity index (χ0) is 16.4. The molecule has 0 amide bonds. The number of carboxylic acid groups (broad SMARTS) is 1. The standard InChI is InChI=1S/C17H14ClNO3S/c1-22-12-6-7-14-13(8-12)17(23-9-15(20)21)16(19-14)10-2-4-11(18)5-3-10/h2-8,19H,9H2,1H3,(H,20,21). The molecule has 1 aromatic heterocycles. The van der Waals surface area contributed by atoms with Crippen molar-refractivity contribution < 1.29 is 14.6 Å². The fraction of sp³-hybridized carbons (Fsp3) is 0.118. The van der Waals surface area contributed by atoms with Gasteiger partial charge in [-0.3, -0.25) is 4.79 Å². The lowest BCUT2D eigenvalue weighted by Gasteiger charge is -2.04. The van der Waals surface area contributed by atoms with Crippen molar-refractivity contribution in [2.24, 2.45) is 0 Å². The van der Waals surface area contributed by atoms with E-state index < -0.39 is 5.97 Å². The highest BCUT2D eigenvalue weighted by atomic mass is 35.5. The maximum Gasteiger partial charge on any atom is 0.313 e. The molecule has 0 aliphatic rings. The van der Waals surface area contributed by atoms with Crippen LogP contribution in [-0.4, -0.2) is 28.9 Å². The van der Waals surface area contributed by atoms with E-state index >= 15 is 0 Å². The Hall–Kier alpha value is -2.11. The molecule has 0 atom stereocenters. The number of carbonyl (C=O) groups is 1. The number of thioether (sulfide) groups is 1. The van der Waals surface area contributed by atoms with Crippen molar-refractivity contribution in [1.29, 1.82) is 0 Å². The van der Waals surface area contributed by atoms with E-state index in [1.165, 1.54) is 11.8 Å². The lowest BCUT2D eigenvalue weighted by atomic mass is 10.1. The first-order chi connectivity index (χ1) is 11.1. The maximum absolute atomic E-state index is 11.0. The first-order valence-electron chi connectivity index (χ1n) is 6.88. The van der Waals surface area contributed by atoms with E-state index in [2.05, 4.69) is 4.98 Å². The average molecular weight is 348 g/mol. The molecule has 23 heavy (non-hydrogen) atoms. The van der Waals surface area contributed by atoms with Crippen LogP contribution in [0, 0.1) is 0 Å². The summed E-state index contributed by atoms with van der Waals surface area (Å²) >= 11 is 7.24. The molecule has 0 unspecified atom stereocenters. The minimum atomic E-state index is -0.852. The number of aromatic nitrogens is 1. The van der Waals surface area contributed by atoms with Crippen LogP contribution in [0.3, 0.4) is 0 Å². The molecule has 1 heterocycles. The number of fused-ring (bicyclic) bond motifs is 1. The normalized spacial score (nSPS) is 10.9. The van der Waals surface area contributed by atoms with E-state index in [4.69, 9.17) is 21.4 Å². The number of nitrogens with one attached hydrogen (secondary N) is 1. The summed E-state index contributed by atoms with van der Waals surface area (Å²) in [6.45, 7) is 0. The minimum absolute atomic E-state index is 0.00917. The smallest absolute Gasteiger partial charge is 0.313 e. The van der Waals surface area contributed by atoms with Crippen LogP contribution in [0.5, 0.6) is 5.75 Å². The number of benzene rings is 2. The fourth-order valence-electron chi connectivity index (χ4n) is 2.38. The van der Waals surface area contributed by atoms with Gasteiger partial charge in [0.25, 0.3) is 0 Å². The van der Waals surface area contributed by atoms with Crippen LogP contribution >= 0.6 is 23.4 Å². The summed E-state index contributed by atoms with van der Waals surface area (Å²) in [5, 5.41) is 10.6. The number of hydrogen-bond acceptors (Lipinski definition) is 3. The van der Waals surface area contributed by atoms with Crippen molar-refractivity contribution in [3.05, 3.63) is 47.5 Å². The van der Waals surface area contributed by atoms with E-state index in [-0.39, 0.29) is 5.75 Å². The van der Waals surface area contributed by atoms with Gasteiger partial charge in [-0.25, -0.2) is 0 Å². The molecule has 0 bridgehead atoms. The Bertz CT molecular complexity index is 858. The van der Waals surface area contributed by atoms with Gasteiger partial charge in [-0.15, -0.1) is 11.8 Å². The highest BCUT2D eigenvalue weighted by Gasteiger charge is 2.15. The minimum Gasteiger partial charge on any atom is -0.497 e. The monoisotopic (exact) mass is 347 g/mol. The SMILES string of the molecule is COc1ccc2[nH]c(-c3ccc(Cl)cc3)c(SCC(=O)O)c2c1. The molecule has 2 aromatic carbocycles. The van der Waals surface area contributed by atoms with Gasteiger partial charge >= 0.3 is 5.97 Å². The molecule has 0 aliphatic heterocycles. The Morgan fingerprint density at radius 1 is 1.26 bits per heavy atom. The third-order valence-corrected chi connectivity index (χ3v) is 4.79. The molecule has 2 N–H and O–H groups in total. The molecule has 3 aromatic rings. The van der Waals surface area contributed by atoms with Gasteiger partial charge in [0.2, 0.25) is 0 Å². The van der Waals surface area contributed by atoms with Gasteiger partial charge in [-0.1, -0.05) is 23.7 Å². The maximum atomic E-state index is 11.0. The number of ether oxygens (including phenoxy) is 1. The Kier molecular flexibility index (Phi) is 4.50. The second kappa shape index (κ2) is 6.56. The molecule has 0 radical (unpaired) electrons. The molecule has 118 valence electrons. The summed E-state index contributed by atoms with van der Waals surface area (Å²) in [6, 6.07) is 13.2. The fourth-order valence-corrected chi connectivity index (χ4v) is 3.41. The summed E-state index contributed by atoms with van der Waals surface area (Å²) in [6.07, 6.45) is 0. The second-order valence-electron chi connectivity index (χ2n) is 4.93. The van der Waals surface area contributed by atoms with Crippen LogP contribution in [0.25, 0.3) is 22.2 Å². The molecule has 0 saturated carbocycles. The highest BCUT2D eigenvalue weighted by molar-refractivity contribution is 8.00. The van der Waals surface area contributed by atoms with Crippen LogP contribution in [0.15, 0.2) is 47.4 Å². The number of H-pyrrole nitrogens is 1. The predicted molar refractivity (Wildman–Crippen MR) is 93.7 cm³/mol. The Balaban J connectivity index is 2.16. The van der Waals surface area contributed by atoms with Crippen molar-refractivity contribution in [1.82, 2.24) is 4.98 Å². The number of hydrogen-bond donors (Lipinski definition) is 2. The van der Waals surface area contributed by atoms with Gasteiger partial charge in [0.05, 0.1) is 18.6 Å². The summed E-state index contributed by atoms with van der Waals surface area (Å²) in [7, 11) is 1.61. The molecule has 0 spiro atoms. The van der Waals surface area contributed by atoms with E-state index in [0.29, 0.717) is 5.02 Å². The van der Waals surface area contributed by atoms with Crippen LogP contribution in [-0.2, 0) is 4.79 Å². The van der Waals surface area contributed by atoms with Gasteiger partial charge in [-0.05, 0) is 35.9 Å². The summed E-state index contributed by atoms with van der Waals surface area (Å²) in [5.74, 6) is -0.129. The summed E-state index contributed by atoms with van der Waals surface area (Å²) in [4.78, 5) is 15.2. The molecular weight excluding hydrogens is 334 g/mol. The Morgan fingerprint density at radius 2 is 2.00 bits per heavy atom. The van der Waals surface area contributed by atoms with Gasteiger partial charge in [0, 0.05) is 20.8 Å². The third-order valence-electron chi connectivity index (χ3n) is 3.43. The second-order valence-corrected chi connectivity index (χ2v) is 6.35. The topological polar surface area (TPSA) is 62.3 Å². The van der Waals surface area contributed by atoms with Gasteiger partial charge < -0.3 is 14.8 Å². The van der Waals surface area contributed by atoms with Crippen molar-refractivity contribution in [2.45, 2.75) is 4.90 Å². The van der Waals surface area contributed by atoms with Crippen LogP contribution < -0.4 is 4.74 Å². The van der Waals surface area contributed by atoms with Crippen LogP contribution in [0.1, 0.15) is 0 Å². The predicted octanol–water partition coefficient (Wildman–Crippen LogP) is 4.67. The molecule has 6 heteroatoms. The van der Waals surface area contributed by atoms with Crippen molar-refractivity contribution in [3.8, 4) is 17.0 Å². The molecule has 0 fully saturated rings. The number of carboxylic acids is 1. The van der Waals surface area contributed by atoms with E-state index in [9.17, 15) is 4.79 Å². The third kappa shape index (κ3) is 3.30. The summed E-state index contributed by atoms with van der Waals surface area (Å²) < 4.78 is 5.28. The van der Waals surface area contributed by atoms with Gasteiger partial charge in [0.15, 0.2) is 0 Å². The van der Waals surface area contributed by atoms with Crippen molar-refractivity contribution >= 4 is 40.2 Å². The van der Waals surface area contributed by atoms with Gasteiger partial charge in [-0.2, -0.15) is 0 Å². The molecule has 4 nitrogen and oxygen atoms in total. The molecular formula is C17H14ClNO3S. The number of aromatic amines is 1. The van der Waals surface area contributed by atoms with E-state index in [1.807, 2.05) is 42.5 Å². The van der Waals surface area contributed by atoms with Crippen molar-refractivity contribution in [3.63, 3.8) is 0 Å². The number of rotatable bonds is 5. The largest absolute Gasteiger partial charge is 0.497 e. The van der Waals surface area contributed by atoms with Gasteiger partial charge in [0.1, 0.15) is 5.75 Å². The molecule has 0 aliphatic carbocycles. The number of methoxy groups -OCH3 is 1. The first kappa shape index (κ1) is 15.8. The van der Waals surface area contributed by atoms with Crippen LogP contribution in [0.4, 0.5) is 0 Å². The van der Waals surface area contributed by atoms with E-state index in [0.717, 1.165) is 32.8 Å². The first-order valence-corrected chi connectivity index (χ1v) is 8.25. The zero-order valence-electron chi connectivity index (χ0n) is 12.3. The molecule has 0 saturated heterocycles. The zero-order valence-corrected chi connectivity index (χ0v) is 13.9. The lowest BCUT2D eigenvalue weighted by Crippen LogP contribution is -1.97. The lowest BCUT2D eigenvalue weighted by molar-refractivity contribution is -0.133. The number of aliphatic carboxylic acids is 1. The summed E-state index contributed by atoms with van der Waals surface area (Å²) in [5.41, 5.74) is 2.78.